The average Bonchev–Trinajstić information content (AvgIpc) is 3.12. The highest BCUT2D eigenvalue weighted by Crippen LogP contribution is 2.44. The lowest BCUT2D eigenvalue weighted by Crippen LogP contribution is -2.55. The Bertz CT molecular complexity index is 946. The van der Waals surface area contributed by atoms with Crippen LogP contribution in [0.1, 0.15) is 37.3 Å². The molecule has 8 nitrogen and oxygen atoms in total. The number of alkyl carbamates (subject to hydrolysis) is 1. The highest BCUT2D eigenvalue weighted by atomic mass is 16.5. The molecule has 4 N–H and O–H groups in total. The molecule has 2 aromatic rings. The number of carbonyl (C=O) groups is 3. The summed E-state index contributed by atoms with van der Waals surface area (Å²) in [7, 11) is 0. The second-order valence-electron chi connectivity index (χ2n) is 7.92. The van der Waals surface area contributed by atoms with Gasteiger partial charge in [-0.1, -0.05) is 68.8 Å². The quantitative estimate of drug-likeness (QED) is 0.475. The number of carboxylic acids is 1. The zero-order chi connectivity index (χ0) is 23.3. The van der Waals surface area contributed by atoms with Gasteiger partial charge in [-0.25, -0.2) is 9.59 Å². The molecule has 0 saturated carbocycles. The van der Waals surface area contributed by atoms with Gasteiger partial charge in [-0.3, -0.25) is 4.79 Å². The summed E-state index contributed by atoms with van der Waals surface area (Å²) < 4.78 is 5.50. The predicted octanol–water partition coefficient (Wildman–Crippen LogP) is 2.50. The summed E-state index contributed by atoms with van der Waals surface area (Å²) in [6, 6.07) is 13.5. The van der Waals surface area contributed by atoms with E-state index in [1.807, 2.05) is 55.5 Å². The first-order chi connectivity index (χ1) is 15.4. The zero-order valence-electron chi connectivity index (χ0n) is 18.1. The number of ether oxygens (including phenoxy) is 1. The Kier molecular flexibility index (Phi) is 7.48. The number of rotatable bonds is 9. The fraction of sp³-hybridized carbons (Fsp3) is 0.375. The van der Waals surface area contributed by atoms with Crippen molar-refractivity contribution in [3.63, 3.8) is 0 Å². The summed E-state index contributed by atoms with van der Waals surface area (Å²) in [5.41, 5.74) is 4.37. The normalized spacial score (nSPS) is 15.1. The van der Waals surface area contributed by atoms with Gasteiger partial charge in [0.15, 0.2) is 0 Å². The van der Waals surface area contributed by atoms with Gasteiger partial charge in [0.2, 0.25) is 5.91 Å². The van der Waals surface area contributed by atoms with Crippen LogP contribution in [0.4, 0.5) is 4.79 Å². The third-order valence-electron chi connectivity index (χ3n) is 5.91. The molecule has 3 unspecified atom stereocenters. The molecule has 0 saturated heterocycles. The average molecular weight is 440 g/mol. The number of nitrogens with one attached hydrogen (secondary N) is 2. The van der Waals surface area contributed by atoms with E-state index in [1.165, 1.54) is 0 Å². The predicted molar refractivity (Wildman–Crippen MR) is 118 cm³/mol. The van der Waals surface area contributed by atoms with Gasteiger partial charge in [0.1, 0.15) is 18.7 Å². The Morgan fingerprint density at radius 3 is 2.06 bits per heavy atom. The SMILES string of the molecule is CCC(C)C(NC(=O)OCC1c2ccccc2-c2ccccc21)C(=O)NC(CO)C(=O)O. The Hall–Kier alpha value is -3.39. The number of benzene rings is 2. The van der Waals surface area contributed by atoms with Gasteiger partial charge in [-0.2, -0.15) is 0 Å². The van der Waals surface area contributed by atoms with E-state index in [0.717, 1.165) is 22.3 Å². The Morgan fingerprint density at radius 2 is 1.56 bits per heavy atom. The van der Waals surface area contributed by atoms with Crippen molar-refractivity contribution in [2.75, 3.05) is 13.2 Å². The van der Waals surface area contributed by atoms with Crippen molar-refractivity contribution in [1.82, 2.24) is 10.6 Å². The van der Waals surface area contributed by atoms with Crippen LogP contribution in [0.3, 0.4) is 0 Å². The van der Waals surface area contributed by atoms with Gasteiger partial charge in [-0.05, 0) is 28.2 Å². The molecule has 0 bridgehead atoms. The maximum Gasteiger partial charge on any atom is 0.407 e. The number of hydrogen-bond acceptors (Lipinski definition) is 5. The molecular formula is C24H28N2O6. The first kappa shape index (κ1) is 23.3. The molecule has 8 heteroatoms. The van der Waals surface area contributed by atoms with Crippen molar-refractivity contribution >= 4 is 18.0 Å². The van der Waals surface area contributed by atoms with Crippen LogP contribution in [0, 0.1) is 5.92 Å². The van der Waals surface area contributed by atoms with Crippen molar-refractivity contribution in [2.24, 2.45) is 5.92 Å². The van der Waals surface area contributed by atoms with E-state index in [0.29, 0.717) is 6.42 Å². The largest absolute Gasteiger partial charge is 0.480 e. The monoisotopic (exact) mass is 440 g/mol. The lowest BCUT2D eigenvalue weighted by Gasteiger charge is -2.25. The number of carbonyl (C=O) groups excluding carboxylic acids is 2. The molecule has 0 heterocycles. The standard InChI is InChI=1S/C24H28N2O6/c1-3-14(2)21(22(28)25-20(12-27)23(29)30)26-24(31)32-13-19-17-10-6-4-8-15(17)16-9-5-7-11-18(16)19/h4-11,14,19-21,27H,3,12-13H2,1-2H3,(H,25,28)(H,26,31)(H,29,30). The summed E-state index contributed by atoms with van der Waals surface area (Å²) in [4.78, 5) is 36.3. The lowest BCUT2D eigenvalue weighted by atomic mass is 9.98. The van der Waals surface area contributed by atoms with Crippen LogP contribution >= 0.6 is 0 Å². The molecule has 2 aromatic carbocycles. The summed E-state index contributed by atoms with van der Waals surface area (Å²) in [6.07, 6.45) is -0.193. The molecule has 0 aromatic heterocycles. The highest BCUT2D eigenvalue weighted by Gasteiger charge is 2.32. The zero-order valence-corrected chi connectivity index (χ0v) is 18.1. The number of fused-ring (bicyclic) bond motifs is 3. The summed E-state index contributed by atoms with van der Waals surface area (Å²) >= 11 is 0. The minimum atomic E-state index is -1.45. The molecule has 32 heavy (non-hydrogen) atoms. The third-order valence-corrected chi connectivity index (χ3v) is 5.91. The third kappa shape index (κ3) is 4.91. The first-order valence-electron chi connectivity index (χ1n) is 10.6. The van der Waals surface area contributed by atoms with Crippen LogP contribution in [-0.2, 0) is 14.3 Å². The van der Waals surface area contributed by atoms with Crippen molar-refractivity contribution < 1.29 is 29.3 Å². The van der Waals surface area contributed by atoms with Crippen LogP contribution in [0.2, 0.25) is 0 Å². The maximum atomic E-state index is 12.6. The molecule has 0 spiro atoms. The Balaban J connectivity index is 1.68. The van der Waals surface area contributed by atoms with Crippen molar-refractivity contribution in [3.05, 3.63) is 59.7 Å². The topological polar surface area (TPSA) is 125 Å². The minimum Gasteiger partial charge on any atom is -0.480 e. The van der Waals surface area contributed by atoms with Crippen molar-refractivity contribution in [2.45, 2.75) is 38.3 Å². The molecule has 170 valence electrons. The van der Waals surface area contributed by atoms with Crippen LogP contribution in [0.25, 0.3) is 11.1 Å². The van der Waals surface area contributed by atoms with Crippen LogP contribution < -0.4 is 10.6 Å². The highest BCUT2D eigenvalue weighted by molar-refractivity contribution is 5.89. The van der Waals surface area contributed by atoms with Gasteiger partial charge in [0.25, 0.3) is 0 Å². The number of amides is 2. The van der Waals surface area contributed by atoms with E-state index in [-0.39, 0.29) is 18.4 Å². The molecule has 0 aliphatic heterocycles. The molecule has 0 radical (unpaired) electrons. The van der Waals surface area contributed by atoms with Gasteiger partial charge in [0.05, 0.1) is 6.61 Å². The van der Waals surface area contributed by atoms with Crippen LogP contribution in [-0.4, -0.2) is 53.5 Å². The van der Waals surface area contributed by atoms with Crippen molar-refractivity contribution in [3.8, 4) is 11.1 Å². The van der Waals surface area contributed by atoms with Gasteiger partial charge in [0, 0.05) is 5.92 Å². The number of carboxylic acid groups (broad SMARTS) is 1. The van der Waals surface area contributed by atoms with E-state index < -0.39 is 36.7 Å². The number of aliphatic hydroxyl groups excluding tert-OH is 1. The number of hydrogen-bond donors (Lipinski definition) is 4. The molecular weight excluding hydrogens is 412 g/mol. The molecule has 3 rings (SSSR count). The number of aliphatic hydroxyl groups is 1. The maximum absolute atomic E-state index is 12.6. The molecule has 1 aliphatic carbocycles. The van der Waals surface area contributed by atoms with Crippen LogP contribution in [0.5, 0.6) is 0 Å². The fourth-order valence-corrected chi connectivity index (χ4v) is 3.92. The van der Waals surface area contributed by atoms with E-state index in [4.69, 9.17) is 14.9 Å². The van der Waals surface area contributed by atoms with Gasteiger partial charge >= 0.3 is 12.1 Å². The van der Waals surface area contributed by atoms with Gasteiger partial charge in [-0.15, -0.1) is 0 Å². The second kappa shape index (κ2) is 10.3. The summed E-state index contributed by atoms with van der Waals surface area (Å²) in [5.74, 6) is -2.43. The van der Waals surface area contributed by atoms with E-state index >= 15 is 0 Å². The molecule has 1 aliphatic rings. The smallest absolute Gasteiger partial charge is 0.407 e. The fourth-order valence-electron chi connectivity index (χ4n) is 3.92. The summed E-state index contributed by atoms with van der Waals surface area (Å²) in [6.45, 7) is 2.97. The molecule has 0 fully saturated rings. The Labute approximate surface area is 186 Å². The number of aliphatic carboxylic acids is 1. The summed E-state index contributed by atoms with van der Waals surface area (Å²) in [5, 5.41) is 23.0. The van der Waals surface area contributed by atoms with E-state index in [1.54, 1.807) is 6.92 Å². The van der Waals surface area contributed by atoms with E-state index in [9.17, 15) is 14.4 Å². The van der Waals surface area contributed by atoms with Crippen molar-refractivity contribution in [1.29, 1.82) is 0 Å². The second-order valence-corrected chi connectivity index (χ2v) is 7.92. The lowest BCUT2D eigenvalue weighted by molar-refractivity contribution is -0.143. The van der Waals surface area contributed by atoms with Crippen LogP contribution in [0.15, 0.2) is 48.5 Å². The Morgan fingerprint density at radius 1 is 1.00 bits per heavy atom. The molecule has 3 atom stereocenters. The minimum absolute atomic E-state index is 0.100. The van der Waals surface area contributed by atoms with E-state index in [2.05, 4.69) is 10.6 Å². The van der Waals surface area contributed by atoms with Gasteiger partial charge < -0.3 is 25.6 Å². The molecule has 2 amide bonds. The first-order valence-corrected chi connectivity index (χ1v) is 10.6.